The Morgan fingerprint density at radius 1 is 1.10 bits per heavy atom. The lowest BCUT2D eigenvalue weighted by Crippen LogP contribution is -2.55. The third kappa shape index (κ3) is 5.49. The number of unbranched alkanes of at least 4 members (excludes halogenated alkanes) is 1. The Balaban J connectivity index is 1.62. The second-order valence-corrected chi connectivity index (χ2v) is 6.31. The van der Waals surface area contributed by atoms with Crippen LogP contribution in [0.2, 0.25) is 0 Å². The van der Waals surface area contributed by atoms with Crippen LogP contribution in [0, 0.1) is 5.92 Å². The molecule has 6 heteroatoms. The second kappa shape index (κ2) is 7.47. The molecule has 3 unspecified atom stereocenters. The van der Waals surface area contributed by atoms with Crippen LogP contribution < -0.4 is 10.6 Å². The molecule has 2 fully saturated rings. The van der Waals surface area contributed by atoms with Gasteiger partial charge in [-0.25, -0.2) is 0 Å². The van der Waals surface area contributed by atoms with Gasteiger partial charge in [0.05, 0.1) is 6.04 Å². The fraction of sp³-hybridized carbons (Fsp3) is 0.933. The highest BCUT2D eigenvalue weighted by molar-refractivity contribution is 5.81. The van der Waals surface area contributed by atoms with E-state index in [0.29, 0.717) is 24.9 Å². The van der Waals surface area contributed by atoms with Gasteiger partial charge in [0.2, 0.25) is 5.91 Å². The fourth-order valence-corrected chi connectivity index (χ4v) is 3.49. The van der Waals surface area contributed by atoms with Gasteiger partial charge in [0, 0.05) is 19.0 Å². The van der Waals surface area contributed by atoms with Crippen LogP contribution in [0.15, 0.2) is 0 Å². The molecule has 2 N–H and O–H groups in total. The zero-order valence-corrected chi connectivity index (χ0v) is 12.3. The quantitative estimate of drug-likeness (QED) is 0.766. The Bertz CT molecular complexity index is 346. The summed E-state index contributed by atoms with van der Waals surface area (Å²) in [5.41, 5.74) is 0. The minimum Gasteiger partial charge on any atom is -0.355 e. The summed E-state index contributed by atoms with van der Waals surface area (Å²) in [5.74, 6) is 0.653. The molecule has 1 saturated heterocycles. The van der Waals surface area contributed by atoms with Crippen LogP contribution in [0.4, 0.5) is 13.2 Å². The van der Waals surface area contributed by atoms with E-state index in [0.717, 1.165) is 19.3 Å². The maximum atomic E-state index is 12.0. The van der Waals surface area contributed by atoms with Crippen LogP contribution in [0.1, 0.15) is 57.8 Å². The Hall–Kier alpha value is -0.780. The largest absolute Gasteiger partial charge is 0.389 e. The lowest BCUT2D eigenvalue weighted by atomic mass is 9.77. The molecule has 3 nitrogen and oxygen atoms in total. The van der Waals surface area contributed by atoms with Gasteiger partial charge in [-0.1, -0.05) is 12.8 Å². The van der Waals surface area contributed by atoms with Gasteiger partial charge >= 0.3 is 6.18 Å². The summed E-state index contributed by atoms with van der Waals surface area (Å²) in [7, 11) is 0. The van der Waals surface area contributed by atoms with Crippen LogP contribution in [0.3, 0.4) is 0 Å². The average molecular weight is 306 g/mol. The van der Waals surface area contributed by atoms with Gasteiger partial charge in [-0.15, -0.1) is 0 Å². The van der Waals surface area contributed by atoms with Gasteiger partial charge in [-0.05, 0) is 44.4 Å². The van der Waals surface area contributed by atoms with E-state index in [4.69, 9.17) is 0 Å². The standard InChI is InChI=1S/C15H25F3N2O/c16-15(17,18)9-3-4-10-19-14(21)13-8-7-11-5-1-2-6-12(11)20-13/h11-13,20H,1-10H2,(H,19,21). The molecule has 1 amide bonds. The topological polar surface area (TPSA) is 41.1 Å². The summed E-state index contributed by atoms with van der Waals surface area (Å²) in [4.78, 5) is 12.0. The SMILES string of the molecule is O=C(NCCCCC(F)(F)F)C1CCC2CCCCC2N1. The van der Waals surface area contributed by atoms with E-state index < -0.39 is 12.6 Å². The van der Waals surface area contributed by atoms with E-state index in [1.54, 1.807) is 0 Å². The van der Waals surface area contributed by atoms with Crippen molar-refractivity contribution in [1.82, 2.24) is 10.6 Å². The molecule has 0 spiro atoms. The Morgan fingerprint density at radius 3 is 2.62 bits per heavy atom. The summed E-state index contributed by atoms with van der Waals surface area (Å²) in [6.45, 7) is 0.335. The van der Waals surface area contributed by atoms with Gasteiger partial charge < -0.3 is 10.6 Å². The van der Waals surface area contributed by atoms with E-state index in [1.807, 2.05) is 0 Å². The predicted octanol–water partition coefficient (Wildman–Crippen LogP) is 3.15. The van der Waals surface area contributed by atoms with E-state index in [2.05, 4.69) is 10.6 Å². The van der Waals surface area contributed by atoms with Gasteiger partial charge in [0.1, 0.15) is 0 Å². The first-order valence-corrected chi connectivity index (χ1v) is 8.06. The monoisotopic (exact) mass is 306 g/mol. The van der Waals surface area contributed by atoms with Crippen LogP contribution in [0.5, 0.6) is 0 Å². The number of hydrogen-bond acceptors (Lipinski definition) is 2. The number of carbonyl (C=O) groups excluding carboxylic acids is 1. The molecule has 21 heavy (non-hydrogen) atoms. The first-order chi connectivity index (χ1) is 9.96. The van der Waals surface area contributed by atoms with Gasteiger partial charge in [0.25, 0.3) is 0 Å². The molecule has 0 bridgehead atoms. The molecule has 2 aliphatic rings. The normalized spacial score (nSPS) is 29.8. The maximum absolute atomic E-state index is 12.0. The van der Waals surface area contributed by atoms with Gasteiger partial charge in [-0.2, -0.15) is 13.2 Å². The van der Waals surface area contributed by atoms with E-state index in [1.165, 1.54) is 19.3 Å². The molecule has 0 aromatic heterocycles. The second-order valence-electron chi connectivity index (χ2n) is 6.31. The third-order valence-electron chi connectivity index (χ3n) is 4.65. The lowest BCUT2D eigenvalue weighted by molar-refractivity contribution is -0.135. The van der Waals surface area contributed by atoms with E-state index in [-0.39, 0.29) is 18.4 Å². The lowest BCUT2D eigenvalue weighted by Gasteiger charge is -2.39. The van der Waals surface area contributed by atoms with Crippen molar-refractivity contribution in [2.24, 2.45) is 5.92 Å². The fourth-order valence-electron chi connectivity index (χ4n) is 3.49. The zero-order chi connectivity index (χ0) is 15.3. The van der Waals surface area contributed by atoms with Crippen molar-refractivity contribution in [2.45, 2.75) is 76.0 Å². The van der Waals surface area contributed by atoms with E-state index in [9.17, 15) is 18.0 Å². The Morgan fingerprint density at radius 2 is 1.86 bits per heavy atom. The van der Waals surface area contributed by atoms with Crippen LogP contribution in [-0.4, -0.2) is 30.7 Å². The highest BCUT2D eigenvalue weighted by Gasteiger charge is 2.34. The van der Waals surface area contributed by atoms with Crippen molar-refractivity contribution < 1.29 is 18.0 Å². The smallest absolute Gasteiger partial charge is 0.355 e. The molecule has 1 aliphatic carbocycles. The number of nitrogens with one attached hydrogen (secondary N) is 2. The van der Waals surface area contributed by atoms with Crippen molar-refractivity contribution in [1.29, 1.82) is 0 Å². The molecule has 0 aromatic rings. The van der Waals surface area contributed by atoms with Crippen LogP contribution in [0.25, 0.3) is 0 Å². The van der Waals surface area contributed by atoms with Crippen molar-refractivity contribution in [2.75, 3.05) is 6.54 Å². The summed E-state index contributed by atoms with van der Waals surface area (Å²) >= 11 is 0. The number of hydrogen-bond donors (Lipinski definition) is 2. The van der Waals surface area contributed by atoms with Gasteiger partial charge in [0.15, 0.2) is 0 Å². The predicted molar refractivity (Wildman–Crippen MR) is 74.8 cm³/mol. The van der Waals surface area contributed by atoms with Crippen molar-refractivity contribution in [3.8, 4) is 0 Å². The highest BCUT2D eigenvalue weighted by atomic mass is 19.4. The number of piperidine rings is 1. The first-order valence-electron chi connectivity index (χ1n) is 8.06. The van der Waals surface area contributed by atoms with Crippen molar-refractivity contribution in [3.63, 3.8) is 0 Å². The van der Waals surface area contributed by atoms with Crippen LogP contribution >= 0.6 is 0 Å². The number of rotatable bonds is 5. The molecule has 1 saturated carbocycles. The van der Waals surface area contributed by atoms with Crippen molar-refractivity contribution in [3.05, 3.63) is 0 Å². The number of carbonyl (C=O) groups is 1. The van der Waals surface area contributed by atoms with Crippen molar-refractivity contribution >= 4 is 5.91 Å². The molecule has 1 aliphatic heterocycles. The van der Waals surface area contributed by atoms with E-state index >= 15 is 0 Å². The molecule has 0 aromatic carbocycles. The number of alkyl halides is 3. The molecular weight excluding hydrogens is 281 g/mol. The molecule has 3 atom stereocenters. The Kier molecular flexibility index (Phi) is 5.90. The third-order valence-corrected chi connectivity index (χ3v) is 4.65. The Labute approximate surface area is 124 Å². The molecule has 2 rings (SSSR count). The molecule has 0 radical (unpaired) electrons. The summed E-state index contributed by atoms with van der Waals surface area (Å²) in [6, 6.07) is 0.292. The minimum absolute atomic E-state index is 0.0500. The minimum atomic E-state index is -4.09. The average Bonchev–Trinajstić information content (AvgIpc) is 2.45. The number of amides is 1. The zero-order valence-electron chi connectivity index (χ0n) is 12.3. The number of fused-ring (bicyclic) bond motifs is 1. The summed E-state index contributed by atoms with van der Waals surface area (Å²) in [6.07, 6.45) is 2.43. The molecule has 1 heterocycles. The summed E-state index contributed by atoms with van der Waals surface area (Å²) < 4.78 is 36.0. The molecule has 122 valence electrons. The van der Waals surface area contributed by atoms with Gasteiger partial charge in [-0.3, -0.25) is 4.79 Å². The maximum Gasteiger partial charge on any atom is 0.389 e. The highest BCUT2D eigenvalue weighted by Crippen LogP contribution is 2.32. The summed E-state index contributed by atoms with van der Waals surface area (Å²) in [5, 5.41) is 6.19. The first kappa shape index (κ1) is 16.6. The molecular formula is C15H25F3N2O. The number of halogens is 3. The van der Waals surface area contributed by atoms with Crippen LogP contribution in [-0.2, 0) is 4.79 Å².